The number of rotatable bonds is 2. The van der Waals surface area contributed by atoms with Crippen LogP contribution in [0.3, 0.4) is 0 Å². The SMILES string of the molecule is CC1CC(Oc2cc(Br)c(F)cc2N)CC(C)O1. The summed E-state index contributed by atoms with van der Waals surface area (Å²) in [5.74, 6) is 0.142. The molecule has 2 rings (SSSR count). The van der Waals surface area contributed by atoms with Crippen molar-refractivity contribution in [1.82, 2.24) is 0 Å². The lowest BCUT2D eigenvalue weighted by Crippen LogP contribution is -2.35. The molecule has 18 heavy (non-hydrogen) atoms. The van der Waals surface area contributed by atoms with Gasteiger partial charge in [0.05, 0.1) is 22.4 Å². The lowest BCUT2D eigenvalue weighted by molar-refractivity contribution is -0.0720. The van der Waals surface area contributed by atoms with Gasteiger partial charge in [-0.2, -0.15) is 0 Å². The van der Waals surface area contributed by atoms with E-state index in [1.807, 2.05) is 13.8 Å². The van der Waals surface area contributed by atoms with Crippen LogP contribution in [0.15, 0.2) is 16.6 Å². The first kappa shape index (κ1) is 13.6. The maximum Gasteiger partial charge on any atom is 0.143 e. The van der Waals surface area contributed by atoms with Gasteiger partial charge in [-0.25, -0.2) is 4.39 Å². The van der Waals surface area contributed by atoms with Crippen LogP contribution in [-0.2, 0) is 4.74 Å². The average molecular weight is 318 g/mol. The van der Waals surface area contributed by atoms with Gasteiger partial charge >= 0.3 is 0 Å². The highest BCUT2D eigenvalue weighted by Gasteiger charge is 2.26. The summed E-state index contributed by atoms with van der Waals surface area (Å²) >= 11 is 3.13. The van der Waals surface area contributed by atoms with Gasteiger partial charge in [-0.05, 0) is 35.8 Å². The number of hydrogen-bond acceptors (Lipinski definition) is 3. The molecule has 1 heterocycles. The molecule has 1 saturated heterocycles. The van der Waals surface area contributed by atoms with Gasteiger partial charge < -0.3 is 15.2 Å². The molecule has 0 saturated carbocycles. The molecule has 100 valence electrons. The number of hydrogen-bond donors (Lipinski definition) is 1. The van der Waals surface area contributed by atoms with Gasteiger partial charge in [-0.1, -0.05) is 0 Å². The van der Waals surface area contributed by atoms with Crippen LogP contribution in [-0.4, -0.2) is 18.3 Å². The molecule has 2 unspecified atom stereocenters. The summed E-state index contributed by atoms with van der Waals surface area (Å²) in [5.41, 5.74) is 6.08. The van der Waals surface area contributed by atoms with Crippen molar-refractivity contribution in [2.24, 2.45) is 0 Å². The summed E-state index contributed by atoms with van der Waals surface area (Å²) in [4.78, 5) is 0. The monoisotopic (exact) mass is 317 g/mol. The molecule has 2 N–H and O–H groups in total. The molecule has 5 heteroatoms. The Kier molecular flexibility index (Phi) is 4.12. The lowest BCUT2D eigenvalue weighted by Gasteiger charge is -2.32. The van der Waals surface area contributed by atoms with E-state index in [0.717, 1.165) is 12.8 Å². The van der Waals surface area contributed by atoms with Gasteiger partial charge in [-0.15, -0.1) is 0 Å². The molecule has 1 aromatic carbocycles. The first-order chi connectivity index (χ1) is 8.45. The van der Waals surface area contributed by atoms with Crippen LogP contribution in [0, 0.1) is 5.82 Å². The molecule has 0 spiro atoms. The Morgan fingerprint density at radius 3 is 2.56 bits per heavy atom. The maximum absolute atomic E-state index is 13.3. The van der Waals surface area contributed by atoms with Crippen molar-refractivity contribution in [2.45, 2.75) is 45.0 Å². The van der Waals surface area contributed by atoms with Crippen molar-refractivity contribution < 1.29 is 13.9 Å². The van der Waals surface area contributed by atoms with E-state index in [1.165, 1.54) is 6.07 Å². The highest BCUT2D eigenvalue weighted by molar-refractivity contribution is 9.10. The zero-order valence-electron chi connectivity index (χ0n) is 10.5. The summed E-state index contributed by atoms with van der Waals surface area (Å²) in [6, 6.07) is 2.85. The smallest absolute Gasteiger partial charge is 0.143 e. The predicted octanol–water partition coefficient (Wildman–Crippen LogP) is 3.51. The molecule has 0 aromatic heterocycles. The fourth-order valence-electron chi connectivity index (χ4n) is 2.27. The fraction of sp³-hybridized carbons (Fsp3) is 0.538. The summed E-state index contributed by atoms with van der Waals surface area (Å²) in [5, 5.41) is 0. The van der Waals surface area contributed by atoms with Crippen LogP contribution in [0.4, 0.5) is 10.1 Å². The van der Waals surface area contributed by atoms with Crippen LogP contribution >= 0.6 is 15.9 Å². The minimum Gasteiger partial charge on any atom is -0.488 e. The van der Waals surface area contributed by atoms with Crippen molar-refractivity contribution in [3.8, 4) is 5.75 Å². The highest BCUT2D eigenvalue weighted by Crippen LogP contribution is 2.32. The molecule has 0 bridgehead atoms. The van der Waals surface area contributed by atoms with E-state index in [0.29, 0.717) is 15.9 Å². The second-order valence-corrected chi connectivity index (χ2v) is 5.63. The summed E-state index contributed by atoms with van der Waals surface area (Å²) in [6.45, 7) is 4.05. The Labute approximate surface area is 115 Å². The quantitative estimate of drug-likeness (QED) is 0.849. The van der Waals surface area contributed by atoms with E-state index in [4.69, 9.17) is 15.2 Å². The van der Waals surface area contributed by atoms with Gasteiger partial charge in [-0.3, -0.25) is 0 Å². The van der Waals surface area contributed by atoms with Crippen molar-refractivity contribution in [1.29, 1.82) is 0 Å². The molecule has 1 aliphatic rings. The number of anilines is 1. The Balaban J connectivity index is 2.11. The standard InChI is InChI=1S/C13H17BrFNO2/c1-7-3-9(4-8(2)17-7)18-13-5-10(14)11(15)6-12(13)16/h5-9H,3-4,16H2,1-2H3. The second kappa shape index (κ2) is 5.45. The molecule has 0 aliphatic carbocycles. The molecule has 3 nitrogen and oxygen atoms in total. The van der Waals surface area contributed by atoms with E-state index in [2.05, 4.69) is 15.9 Å². The van der Waals surface area contributed by atoms with Crippen LogP contribution < -0.4 is 10.5 Å². The first-order valence-corrected chi connectivity index (χ1v) is 6.81. The third-order valence-corrected chi connectivity index (χ3v) is 3.61. The van der Waals surface area contributed by atoms with E-state index in [9.17, 15) is 4.39 Å². The largest absolute Gasteiger partial charge is 0.488 e. The summed E-state index contributed by atoms with van der Waals surface area (Å²) in [7, 11) is 0. The van der Waals surface area contributed by atoms with Crippen LogP contribution in [0.25, 0.3) is 0 Å². The van der Waals surface area contributed by atoms with Crippen molar-refractivity contribution in [3.63, 3.8) is 0 Å². The van der Waals surface area contributed by atoms with Crippen molar-refractivity contribution >= 4 is 21.6 Å². The maximum atomic E-state index is 13.3. The first-order valence-electron chi connectivity index (χ1n) is 6.02. The zero-order valence-corrected chi connectivity index (χ0v) is 12.0. The van der Waals surface area contributed by atoms with Crippen LogP contribution in [0.5, 0.6) is 5.75 Å². The Bertz CT molecular complexity index is 431. The highest BCUT2D eigenvalue weighted by atomic mass is 79.9. The third-order valence-electron chi connectivity index (χ3n) is 3.00. The van der Waals surface area contributed by atoms with Gasteiger partial charge in [0.25, 0.3) is 0 Å². The van der Waals surface area contributed by atoms with E-state index in [-0.39, 0.29) is 24.1 Å². The number of benzene rings is 1. The van der Waals surface area contributed by atoms with E-state index >= 15 is 0 Å². The zero-order chi connectivity index (χ0) is 13.3. The molecule has 2 atom stereocenters. The average Bonchev–Trinajstić information content (AvgIpc) is 2.24. The molecule has 1 aliphatic heterocycles. The summed E-state index contributed by atoms with van der Waals surface area (Å²) < 4.78 is 25.1. The predicted molar refractivity (Wildman–Crippen MR) is 72.2 cm³/mol. The number of ether oxygens (including phenoxy) is 2. The lowest BCUT2D eigenvalue weighted by atomic mass is 10.0. The van der Waals surface area contributed by atoms with Gasteiger partial charge in [0.1, 0.15) is 17.7 Å². The van der Waals surface area contributed by atoms with Gasteiger partial charge in [0.2, 0.25) is 0 Å². The second-order valence-electron chi connectivity index (χ2n) is 4.77. The Morgan fingerprint density at radius 1 is 1.33 bits per heavy atom. The number of halogens is 2. The molecular formula is C13H17BrFNO2. The van der Waals surface area contributed by atoms with E-state index < -0.39 is 0 Å². The minimum atomic E-state index is -0.381. The fourth-order valence-corrected chi connectivity index (χ4v) is 2.59. The Hall–Kier alpha value is -0.810. The number of nitrogen functional groups attached to an aromatic ring is 1. The Morgan fingerprint density at radius 2 is 1.94 bits per heavy atom. The normalized spacial score (nSPS) is 28.1. The topological polar surface area (TPSA) is 44.5 Å². The van der Waals surface area contributed by atoms with E-state index in [1.54, 1.807) is 6.07 Å². The number of nitrogens with two attached hydrogens (primary N) is 1. The van der Waals surface area contributed by atoms with Gasteiger partial charge in [0, 0.05) is 18.9 Å². The third kappa shape index (κ3) is 3.14. The molecule has 1 aromatic rings. The van der Waals surface area contributed by atoms with Crippen molar-refractivity contribution in [3.05, 3.63) is 22.4 Å². The molecular weight excluding hydrogens is 301 g/mol. The summed E-state index contributed by atoms with van der Waals surface area (Å²) in [6.07, 6.45) is 2.04. The van der Waals surface area contributed by atoms with Crippen molar-refractivity contribution in [2.75, 3.05) is 5.73 Å². The minimum absolute atomic E-state index is 0.0587. The molecule has 1 fully saturated rings. The molecule has 0 radical (unpaired) electrons. The molecule has 0 amide bonds. The van der Waals surface area contributed by atoms with Crippen LogP contribution in [0.2, 0.25) is 0 Å². The van der Waals surface area contributed by atoms with Crippen LogP contribution in [0.1, 0.15) is 26.7 Å². The van der Waals surface area contributed by atoms with Gasteiger partial charge in [0.15, 0.2) is 0 Å².